The second-order valence-electron chi connectivity index (χ2n) is 6.05. The minimum atomic E-state index is -0.289. The maximum atomic E-state index is 12.8. The van der Waals surface area contributed by atoms with E-state index in [-0.39, 0.29) is 11.7 Å². The lowest BCUT2D eigenvalue weighted by Gasteiger charge is -2.10. The Morgan fingerprint density at radius 3 is 2.44 bits per heavy atom. The van der Waals surface area contributed by atoms with E-state index in [1.165, 1.54) is 12.1 Å². The number of halogens is 1. The van der Waals surface area contributed by atoms with Gasteiger partial charge in [0.25, 0.3) is 0 Å². The van der Waals surface area contributed by atoms with E-state index in [0.29, 0.717) is 43.2 Å². The first-order valence-electron chi connectivity index (χ1n) is 8.98. The summed E-state index contributed by atoms with van der Waals surface area (Å²) < 4.78 is 28.8. The molecule has 146 valence electrons. The number of amides is 1. The van der Waals surface area contributed by atoms with Crippen molar-refractivity contribution in [2.75, 3.05) is 27.4 Å². The van der Waals surface area contributed by atoms with Crippen molar-refractivity contribution in [2.24, 2.45) is 0 Å². The Bertz CT molecular complexity index is 719. The molecule has 2 aromatic rings. The summed E-state index contributed by atoms with van der Waals surface area (Å²) in [4.78, 5) is 11.9. The van der Waals surface area contributed by atoms with Gasteiger partial charge in [0.1, 0.15) is 11.6 Å². The SMILES string of the molecule is COc1ccc(CCCC(=O)NCCCOc2ccc(F)cc2)cc1OC. The number of carbonyl (C=O) groups is 1. The minimum Gasteiger partial charge on any atom is -0.494 e. The molecule has 2 aromatic carbocycles. The third-order valence-electron chi connectivity index (χ3n) is 4.04. The summed E-state index contributed by atoms with van der Waals surface area (Å²) in [7, 11) is 3.21. The Morgan fingerprint density at radius 1 is 1.00 bits per heavy atom. The Kier molecular flexibility index (Phi) is 8.42. The third-order valence-corrected chi connectivity index (χ3v) is 4.04. The lowest BCUT2D eigenvalue weighted by molar-refractivity contribution is -0.121. The third kappa shape index (κ3) is 7.17. The van der Waals surface area contributed by atoms with Gasteiger partial charge < -0.3 is 19.5 Å². The molecule has 27 heavy (non-hydrogen) atoms. The number of nitrogens with one attached hydrogen (secondary N) is 1. The molecule has 5 nitrogen and oxygen atoms in total. The topological polar surface area (TPSA) is 56.8 Å². The molecule has 0 heterocycles. The highest BCUT2D eigenvalue weighted by Crippen LogP contribution is 2.28. The van der Waals surface area contributed by atoms with E-state index in [0.717, 1.165) is 18.4 Å². The molecule has 0 bridgehead atoms. The smallest absolute Gasteiger partial charge is 0.220 e. The molecule has 0 aliphatic rings. The minimum absolute atomic E-state index is 0.0252. The average molecular weight is 375 g/mol. The van der Waals surface area contributed by atoms with Crippen LogP contribution in [0.1, 0.15) is 24.8 Å². The van der Waals surface area contributed by atoms with Gasteiger partial charge in [0.15, 0.2) is 11.5 Å². The summed E-state index contributed by atoms with van der Waals surface area (Å²) in [6.45, 7) is 1.02. The molecular weight excluding hydrogens is 349 g/mol. The molecule has 1 N–H and O–H groups in total. The maximum Gasteiger partial charge on any atom is 0.220 e. The Labute approximate surface area is 159 Å². The lowest BCUT2D eigenvalue weighted by Crippen LogP contribution is -2.25. The van der Waals surface area contributed by atoms with E-state index < -0.39 is 0 Å². The van der Waals surface area contributed by atoms with Crippen molar-refractivity contribution < 1.29 is 23.4 Å². The second kappa shape index (κ2) is 11.1. The average Bonchev–Trinajstić information content (AvgIpc) is 2.69. The van der Waals surface area contributed by atoms with Gasteiger partial charge in [-0.15, -0.1) is 0 Å². The predicted molar refractivity (Wildman–Crippen MR) is 102 cm³/mol. The number of hydrogen-bond acceptors (Lipinski definition) is 4. The lowest BCUT2D eigenvalue weighted by atomic mass is 10.1. The van der Waals surface area contributed by atoms with Crippen molar-refractivity contribution in [3.05, 3.63) is 53.8 Å². The van der Waals surface area contributed by atoms with Crippen molar-refractivity contribution in [3.63, 3.8) is 0 Å². The molecule has 0 aliphatic carbocycles. The van der Waals surface area contributed by atoms with E-state index in [4.69, 9.17) is 14.2 Å². The van der Waals surface area contributed by atoms with Gasteiger partial charge in [-0.2, -0.15) is 0 Å². The van der Waals surface area contributed by atoms with Crippen molar-refractivity contribution >= 4 is 5.91 Å². The summed E-state index contributed by atoms with van der Waals surface area (Å²) in [5, 5.41) is 2.88. The van der Waals surface area contributed by atoms with Gasteiger partial charge >= 0.3 is 0 Å². The van der Waals surface area contributed by atoms with Gasteiger partial charge in [-0.3, -0.25) is 4.79 Å². The normalized spacial score (nSPS) is 10.3. The highest BCUT2D eigenvalue weighted by Gasteiger charge is 2.06. The molecule has 6 heteroatoms. The van der Waals surface area contributed by atoms with Crippen LogP contribution < -0.4 is 19.5 Å². The summed E-state index contributed by atoms with van der Waals surface area (Å²) in [6, 6.07) is 11.7. The standard InChI is InChI=1S/C21H26FNO4/c1-25-19-12-7-16(15-20(19)26-2)5-3-6-21(24)23-13-4-14-27-18-10-8-17(22)9-11-18/h7-12,15H,3-6,13-14H2,1-2H3,(H,23,24). The van der Waals surface area contributed by atoms with Crippen molar-refractivity contribution in [1.29, 1.82) is 0 Å². The first-order chi connectivity index (χ1) is 13.1. The summed E-state index contributed by atoms with van der Waals surface area (Å²) in [5.74, 6) is 1.75. The summed E-state index contributed by atoms with van der Waals surface area (Å²) in [6.07, 6.45) is 2.71. The molecule has 0 saturated carbocycles. The van der Waals surface area contributed by atoms with E-state index in [1.807, 2.05) is 18.2 Å². The van der Waals surface area contributed by atoms with E-state index in [1.54, 1.807) is 26.4 Å². The van der Waals surface area contributed by atoms with Crippen molar-refractivity contribution in [1.82, 2.24) is 5.32 Å². The van der Waals surface area contributed by atoms with Crippen LogP contribution in [0, 0.1) is 5.82 Å². The molecule has 0 atom stereocenters. The molecule has 0 fully saturated rings. The molecule has 2 rings (SSSR count). The molecule has 0 unspecified atom stereocenters. The van der Waals surface area contributed by atoms with Crippen molar-refractivity contribution in [3.8, 4) is 17.2 Å². The number of hydrogen-bond donors (Lipinski definition) is 1. The first kappa shape index (κ1) is 20.6. The molecule has 0 saturated heterocycles. The largest absolute Gasteiger partial charge is 0.494 e. The number of methoxy groups -OCH3 is 2. The first-order valence-corrected chi connectivity index (χ1v) is 8.98. The molecule has 0 aromatic heterocycles. The van der Waals surface area contributed by atoms with Gasteiger partial charge in [-0.25, -0.2) is 4.39 Å². The molecule has 0 aliphatic heterocycles. The highest BCUT2D eigenvalue weighted by molar-refractivity contribution is 5.75. The zero-order valence-corrected chi connectivity index (χ0v) is 15.8. The van der Waals surface area contributed by atoms with Crippen LogP contribution in [0.5, 0.6) is 17.2 Å². The molecule has 0 radical (unpaired) electrons. The Hall–Kier alpha value is -2.76. The van der Waals surface area contributed by atoms with E-state index >= 15 is 0 Å². The molecular formula is C21H26FNO4. The van der Waals surface area contributed by atoms with Crippen LogP contribution in [-0.4, -0.2) is 33.3 Å². The van der Waals surface area contributed by atoms with E-state index in [9.17, 15) is 9.18 Å². The van der Waals surface area contributed by atoms with Crippen LogP contribution in [0.2, 0.25) is 0 Å². The van der Waals surface area contributed by atoms with Crippen LogP contribution in [-0.2, 0) is 11.2 Å². The fourth-order valence-electron chi connectivity index (χ4n) is 2.60. The van der Waals surface area contributed by atoms with Gasteiger partial charge in [0.2, 0.25) is 5.91 Å². The molecule has 0 spiro atoms. The van der Waals surface area contributed by atoms with E-state index in [2.05, 4.69) is 5.32 Å². The summed E-state index contributed by atoms with van der Waals surface area (Å²) in [5.41, 5.74) is 1.10. The van der Waals surface area contributed by atoms with Crippen LogP contribution >= 0.6 is 0 Å². The van der Waals surface area contributed by atoms with Crippen molar-refractivity contribution in [2.45, 2.75) is 25.7 Å². The van der Waals surface area contributed by atoms with Gasteiger partial charge in [0.05, 0.1) is 20.8 Å². The fourth-order valence-corrected chi connectivity index (χ4v) is 2.60. The number of rotatable bonds is 11. The van der Waals surface area contributed by atoms with Crippen LogP contribution in [0.4, 0.5) is 4.39 Å². The van der Waals surface area contributed by atoms with Crippen LogP contribution in [0.25, 0.3) is 0 Å². The fraction of sp³-hybridized carbons (Fsp3) is 0.381. The van der Waals surface area contributed by atoms with Gasteiger partial charge in [0, 0.05) is 13.0 Å². The molecule has 1 amide bonds. The highest BCUT2D eigenvalue weighted by atomic mass is 19.1. The Morgan fingerprint density at radius 2 is 1.74 bits per heavy atom. The summed E-state index contributed by atoms with van der Waals surface area (Å²) >= 11 is 0. The monoisotopic (exact) mass is 375 g/mol. The second-order valence-corrected chi connectivity index (χ2v) is 6.05. The zero-order valence-electron chi connectivity index (χ0n) is 15.8. The van der Waals surface area contributed by atoms with Gasteiger partial charge in [-0.05, 0) is 61.2 Å². The predicted octanol–water partition coefficient (Wildman–Crippen LogP) is 3.75. The zero-order chi connectivity index (χ0) is 19.5. The van der Waals surface area contributed by atoms with Crippen LogP contribution in [0.15, 0.2) is 42.5 Å². The number of carbonyl (C=O) groups excluding carboxylic acids is 1. The number of benzene rings is 2. The van der Waals surface area contributed by atoms with Crippen LogP contribution in [0.3, 0.4) is 0 Å². The maximum absolute atomic E-state index is 12.8. The quantitative estimate of drug-likeness (QED) is 0.608. The van der Waals surface area contributed by atoms with Gasteiger partial charge in [-0.1, -0.05) is 6.07 Å². The Balaban J connectivity index is 1.59. The number of aryl methyl sites for hydroxylation is 1. The number of ether oxygens (including phenoxy) is 3.